The lowest BCUT2D eigenvalue weighted by Gasteiger charge is -2.33. The first-order chi connectivity index (χ1) is 18.8. The summed E-state index contributed by atoms with van der Waals surface area (Å²) in [5.41, 5.74) is 12.7. The minimum atomic E-state index is -0.696. The van der Waals surface area contributed by atoms with Crippen molar-refractivity contribution in [1.82, 2.24) is 10.4 Å². The zero-order valence-corrected chi connectivity index (χ0v) is 23.0. The maximum Gasteiger partial charge on any atom is 0.329 e. The van der Waals surface area contributed by atoms with Crippen molar-refractivity contribution in [2.45, 2.75) is 59.2 Å². The van der Waals surface area contributed by atoms with E-state index in [4.69, 9.17) is 16.3 Å². The molecule has 3 aromatic rings. The van der Waals surface area contributed by atoms with E-state index in [0.717, 1.165) is 40.7 Å². The van der Waals surface area contributed by atoms with Crippen LogP contribution in [0.1, 0.15) is 56.7 Å². The van der Waals surface area contributed by atoms with Gasteiger partial charge in [0.2, 0.25) is 5.91 Å². The Kier molecular flexibility index (Phi) is 11.1. The molecule has 3 rings (SSSR count). The Hall–Kier alpha value is -4.17. The molecule has 0 spiro atoms. The second-order valence-electron chi connectivity index (χ2n) is 9.78. The van der Waals surface area contributed by atoms with E-state index in [9.17, 15) is 9.59 Å². The SMILES string of the molecule is CCCCC(=O)N(Cc1ccc(-c2ccccc2/C(N)=N\NN)cc1)C(C(=O)OCc1ccccc1)C(C)C. The number of carbonyl (C=O) groups excluding carboxylic acids is 2. The summed E-state index contributed by atoms with van der Waals surface area (Å²) in [4.78, 5) is 28.4. The van der Waals surface area contributed by atoms with E-state index < -0.39 is 12.0 Å². The lowest BCUT2D eigenvalue weighted by Crippen LogP contribution is -2.48. The lowest BCUT2D eigenvalue weighted by molar-refractivity contribution is -0.159. The number of hydrogen-bond donors (Lipinski definition) is 3. The molecule has 8 heteroatoms. The van der Waals surface area contributed by atoms with Gasteiger partial charge in [-0.15, -0.1) is 5.10 Å². The number of unbranched alkanes of at least 4 members (excludes halogenated alkanes) is 1. The molecule has 1 amide bonds. The Bertz CT molecular complexity index is 1240. The monoisotopic (exact) mass is 529 g/mol. The van der Waals surface area contributed by atoms with E-state index in [1.807, 2.05) is 99.6 Å². The van der Waals surface area contributed by atoms with Crippen molar-refractivity contribution in [2.24, 2.45) is 22.6 Å². The number of hydrazone groups is 1. The van der Waals surface area contributed by atoms with E-state index in [2.05, 4.69) is 10.6 Å². The molecule has 8 nitrogen and oxygen atoms in total. The number of benzene rings is 3. The van der Waals surface area contributed by atoms with E-state index >= 15 is 0 Å². The number of hydrogen-bond acceptors (Lipinski definition) is 6. The highest BCUT2D eigenvalue weighted by atomic mass is 16.5. The molecule has 39 heavy (non-hydrogen) atoms. The van der Waals surface area contributed by atoms with Gasteiger partial charge in [-0.2, -0.15) is 0 Å². The second kappa shape index (κ2) is 14.7. The van der Waals surface area contributed by atoms with Crippen LogP contribution < -0.4 is 17.1 Å². The molecule has 3 aromatic carbocycles. The Morgan fingerprint density at radius 2 is 1.62 bits per heavy atom. The molecule has 0 fully saturated rings. The zero-order chi connectivity index (χ0) is 28.2. The maximum atomic E-state index is 13.4. The largest absolute Gasteiger partial charge is 0.459 e. The van der Waals surface area contributed by atoms with Gasteiger partial charge in [0, 0.05) is 18.5 Å². The molecule has 0 saturated carbocycles. The van der Waals surface area contributed by atoms with Crippen molar-refractivity contribution in [3.05, 3.63) is 95.6 Å². The Morgan fingerprint density at radius 1 is 0.949 bits per heavy atom. The molecule has 0 bridgehead atoms. The first-order valence-electron chi connectivity index (χ1n) is 13.3. The molecule has 0 aliphatic carbocycles. The zero-order valence-electron chi connectivity index (χ0n) is 23.0. The van der Waals surface area contributed by atoms with Crippen LogP contribution in [0.25, 0.3) is 11.1 Å². The molecule has 1 unspecified atom stereocenters. The van der Waals surface area contributed by atoms with Gasteiger partial charge in [0.05, 0.1) is 0 Å². The molecular formula is C31H39N5O3. The summed E-state index contributed by atoms with van der Waals surface area (Å²) in [5.74, 6) is 5.01. The van der Waals surface area contributed by atoms with Gasteiger partial charge in [-0.1, -0.05) is 106 Å². The van der Waals surface area contributed by atoms with Gasteiger partial charge in [0.1, 0.15) is 12.6 Å². The summed E-state index contributed by atoms with van der Waals surface area (Å²) in [7, 11) is 0. The number of rotatable bonds is 13. The lowest BCUT2D eigenvalue weighted by atomic mass is 9.97. The third kappa shape index (κ3) is 8.15. The van der Waals surface area contributed by atoms with Gasteiger partial charge < -0.3 is 15.4 Å². The number of carbonyl (C=O) groups is 2. The van der Waals surface area contributed by atoms with Crippen molar-refractivity contribution in [2.75, 3.05) is 0 Å². The third-order valence-electron chi connectivity index (χ3n) is 6.50. The number of amides is 1. The molecule has 1 atom stereocenters. The summed E-state index contributed by atoms with van der Waals surface area (Å²) in [5, 5.41) is 3.90. The number of ether oxygens (including phenoxy) is 1. The minimum absolute atomic E-state index is 0.0556. The number of hydrazine groups is 1. The topological polar surface area (TPSA) is 123 Å². The highest BCUT2D eigenvalue weighted by Crippen LogP contribution is 2.26. The predicted molar refractivity (Wildman–Crippen MR) is 155 cm³/mol. The van der Waals surface area contributed by atoms with Crippen LogP contribution in [0.3, 0.4) is 0 Å². The van der Waals surface area contributed by atoms with Crippen molar-refractivity contribution in [3.63, 3.8) is 0 Å². The number of amidine groups is 1. The highest BCUT2D eigenvalue weighted by Gasteiger charge is 2.33. The van der Waals surface area contributed by atoms with Gasteiger partial charge in [0.15, 0.2) is 5.84 Å². The van der Waals surface area contributed by atoms with Crippen molar-refractivity contribution in [1.29, 1.82) is 0 Å². The maximum absolute atomic E-state index is 13.4. The van der Waals surface area contributed by atoms with E-state index in [1.54, 1.807) is 4.90 Å². The number of esters is 1. The number of nitrogens with zero attached hydrogens (tertiary/aromatic N) is 2. The van der Waals surface area contributed by atoms with Gasteiger partial charge in [0.25, 0.3) is 0 Å². The third-order valence-corrected chi connectivity index (χ3v) is 6.50. The van der Waals surface area contributed by atoms with Gasteiger partial charge in [-0.3, -0.25) is 4.79 Å². The van der Waals surface area contributed by atoms with Gasteiger partial charge in [-0.25, -0.2) is 16.2 Å². The summed E-state index contributed by atoms with van der Waals surface area (Å²) < 4.78 is 5.69. The van der Waals surface area contributed by atoms with Crippen LogP contribution in [0.2, 0.25) is 0 Å². The summed E-state index contributed by atoms with van der Waals surface area (Å²) in [6.07, 6.45) is 2.03. The number of nitrogens with one attached hydrogen (secondary N) is 1. The Balaban J connectivity index is 1.85. The molecular weight excluding hydrogens is 490 g/mol. The van der Waals surface area contributed by atoms with Crippen molar-refractivity contribution < 1.29 is 14.3 Å². The molecule has 206 valence electrons. The Labute approximate surface area is 231 Å². The van der Waals surface area contributed by atoms with E-state index in [-0.39, 0.29) is 24.3 Å². The van der Waals surface area contributed by atoms with Crippen molar-refractivity contribution in [3.8, 4) is 11.1 Å². The summed E-state index contributed by atoms with van der Waals surface area (Å²) in [6, 6.07) is 24.4. The van der Waals surface area contributed by atoms with Crippen LogP contribution >= 0.6 is 0 Å². The molecule has 0 aromatic heterocycles. The minimum Gasteiger partial charge on any atom is -0.459 e. The average Bonchev–Trinajstić information content (AvgIpc) is 2.95. The molecule has 0 aliphatic rings. The molecule has 0 radical (unpaired) electrons. The van der Waals surface area contributed by atoms with Crippen LogP contribution in [0.5, 0.6) is 0 Å². The molecule has 0 heterocycles. The summed E-state index contributed by atoms with van der Waals surface area (Å²) >= 11 is 0. The van der Waals surface area contributed by atoms with Gasteiger partial charge >= 0.3 is 5.97 Å². The van der Waals surface area contributed by atoms with Crippen LogP contribution in [-0.2, 0) is 27.5 Å². The molecule has 5 N–H and O–H groups in total. The number of nitrogens with two attached hydrogens (primary N) is 2. The first-order valence-corrected chi connectivity index (χ1v) is 13.3. The second-order valence-corrected chi connectivity index (χ2v) is 9.78. The summed E-state index contributed by atoms with van der Waals surface area (Å²) in [6.45, 7) is 6.39. The van der Waals surface area contributed by atoms with Crippen LogP contribution in [0.4, 0.5) is 0 Å². The van der Waals surface area contributed by atoms with Crippen molar-refractivity contribution >= 4 is 17.7 Å². The Morgan fingerprint density at radius 3 is 2.26 bits per heavy atom. The standard InChI is InChI=1S/C31H39N5O3/c1-4-5-15-28(37)36(29(22(2)3)31(38)39-21-24-11-7-6-8-12-24)20-23-16-18-25(19-17-23)26-13-9-10-14-27(26)30(32)34-35-33/h6-14,16-19,22,29,35H,4-5,15,20-21,33H2,1-3H3,(H2,32,34). The fourth-order valence-corrected chi connectivity index (χ4v) is 4.46. The van der Waals surface area contributed by atoms with Crippen LogP contribution in [-0.4, -0.2) is 28.7 Å². The molecule has 0 saturated heterocycles. The highest BCUT2D eigenvalue weighted by molar-refractivity contribution is 6.03. The fraction of sp³-hybridized carbons (Fsp3) is 0.323. The smallest absolute Gasteiger partial charge is 0.329 e. The van der Waals surface area contributed by atoms with E-state index in [1.165, 1.54) is 0 Å². The first kappa shape index (κ1) is 29.4. The molecule has 0 aliphatic heterocycles. The van der Waals surface area contributed by atoms with Gasteiger partial charge in [-0.05, 0) is 34.6 Å². The normalized spacial score (nSPS) is 12.2. The fourth-order valence-electron chi connectivity index (χ4n) is 4.46. The van der Waals surface area contributed by atoms with E-state index in [0.29, 0.717) is 13.0 Å². The van der Waals surface area contributed by atoms with Crippen LogP contribution in [0.15, 0.2) is 84.0 Å². The quantitative estimate of drug-likeness (QED) is 0.0968. The van der Waals surface area contributed by atoms with Crippen LogP contribution in [0, 0.1) is 5.92 Å². The average molecular weight is 530 g/mol. The predicted octanol–water partition coefficient (Wildman–Crippen LogP) is 4.72.